The van der Waals surface area contributed by atoms with Gasteiger partial charge in [-0.2, -0.15) is 0 Å². The van der Waals surface area contributed by atoms with Gasteiger partial charge >= 0.3 is 0 Å². The van der Waals surface area contributed by atoms with E-state index in [2.05, 4.69) is 4.98 Å². The summed E-state index contributed by atoms with van der Waals surface area (Å²) >= 11 is 23.9. The first-order chi connectivity index (χ1) is 10.7. The zero-order valence-electron chi connectivity index (χ0n) is 12.3. The lowest BCUT2D eigenvalue weighted by molar-refractivity contribution is -0.137. The van der Waals surface area contributed by atoms with E-state index in [1.54, 1.807) is 38.4 Å². The van der Waals surface area contributed by atoms with Gasteiger partial charge in [0.25, 0.3) is 0 Å². The van der Waals surface area contributed by atoms with Crippen LogP contribution >= 0.6 is 46.4 Å². The minimum atomic E-state index is -1.03. The smallest absolute Gasteiger partial charge is 0.237 e. The minimum absolute atomic E-state index is 0.293. The Labute approximate surface area is 154 Å². The van der Waals surface area contributed by atoms with Gasteiger partial charge in [-0.25, -0.2) is 4.98 Å². The quantitative estimate of drug-likeness (QED) is 0.634. The maximum Gasteiger partial charge on any atom is 0.237 e. The number of nitrogens with zero attached hydrogens (tertiary/aromatic N) is 2. The predicted octanol–water partition coefficient (Wildman–Crippen LogP) is 5.17. The normalized spacial score (nSPS) is 13.2. The van der Waals surface area contributed by atoms with Crippen LogP contribution < -0.4 is 4.74 Å². The number of hydrogen-bond acceptors (Lipinski definition) is 3. The third-order valence-corrected chi connectivity index (χ3v) is 4.95. The fraction of sp³-hybridized carbons (Fsp3) is 0.333. The van der Waals surface area contributed by atoms with E-state index in [1.165, 1.54) is 17.0 Å². The molecular weight excluding hydrogens is 382 g/mol. The highest BCUT2D eigenvalue weighted by Crippen LogP contribution is 2.36. The summed E-state index contributed by atoms with van der Waals surface area (Å²) in [5, 5.41) is 0.760. The van der Waals surface area contributed by atoms with Gasteiger partial charge in [-0.15, -0.1) is 23.2 Å². The van der Waals surface area contributed by atoms with E-state index in [4.69, 9.17) is 51.1 Å². The minimum Gasteiger partial charge on any atom is -0.461 e. The number of halogens is 4. The summed E-state index contributed by atoms with van der Waals surface area (Å²) in [5.41, 5.74) is -1.03. The molecule has 0 N–H and O–H groups in total. The van der Waals surface area contributed by atoms with Crippen molar-refractivity contribution in [3.63, 3.8) is 0 Å². The van der Waals surface area contributed by atoms with E-state index >= 15 is 0 Å². The molecule has 2 aromatic rings. The van der Waals surface area contributed by atoms with Gasteiger partial charge in [0.2, 0.25) is 12.0 Å². The number of benzene rings is 1. The van der Waals surface area contributed by atoms with Crippen LogP contribution in [0.1, 0.15) is 20.1 Å². The number of ether oxygens (including phenoxy) is 1. The molecule has 0 fully saturated rings. The molecule has 0 spiro atoms. The number of rotatable bonds is 6. The Bertz CT molecular complexity index is 687. The van der Waals surface area contributed by atoms with Crippen molar-refractivity contribution < 1.29 is 9.53 Å². The molecule has 0 radical (unpaired) electrons. The number of alkyl halides is 2. The fourth-order valence-corrected chi connectivity index (χ4v) is 2.44. The average molecular weight is 396 g/mol. The van der Waals surface area contributed by atoms with Crippen LogP contribution in [0.4, 0.5) is 0 Å². The van der Waals surface area contributed by atoms with Crippen LogP contribution in [0.25, 0.3) is 0 Å². The summed E-state index contributed by atoms with van der Waals surface area (Å²) in [6.45, 7) is 3.30. The number of hydrogen-bond donors (Lipinski definition) is 0. The Kier molecular flexibility index (Phi) is 5.84. The first-order valence-corrected chi connectivity index (χ1v) is 8.28. The third kappa shape index (κ3) is 4.13. The van der Waals surface area contributed by atoms with E-state index in [0.717, 1.165) is 0 Å². The van der Waals surface area contributed by atoms with E-state index in [-0.39, 0.29) is 5.78 Å². The molecule has 4 nitrogen and oxygen atoms in total. The first-order valence-electron chi connectivity index (χ1n) is 6.65. The fourth-order valence-electron chi connectivity index (χ4n) is 1.77. The summed E-state index contributed by atoms with van der Waals surface area (Å²) in [4.78, 5) is 15.9. The molecule has 0 aliphatic heterocycles. The number of ketones is 1. The molecule has 1 unspecified atom stereocenters. The number of Topliss-reactive ketones (excluding diaryl/α,β-unsaturated/α-hetero) is 1. The zero-order chi connectivity index (χ0) is 17.2. The first kappa shape index (κ1) is 18.4. The molecule has 0 aliphatic carbocycles. The summed E-state index contributed by atoms with van der Waals surface area (Å²) < 4.78 is 7.33. The molecule has 8 heteroatoms. The van der Waals surface area contributed by atoms with E-state index in [9.17, 15) is 4.79 Å². The summed E-state index contributed by atoms with van der Waals surface area (Å²) in [6.07, 6.45) is 3.62. The van der Waals surface area contributed by atoms with Gasteiger partial charge in [0.05, 0.1) is 16.8 Å². The average Bonchev–Trinajstić information content (AvgIpc) is 2.99. The van der Waals surface area contributed by atoms with Crippen molar-refractivity contribution in [3.05, 3.63) is 47.0 Å². The van der Waals surface area contributed by atoms with Crippen molar-refractivity contribution in [1.82, 2.24) is 9.55 Å². The highest BCUT2D eigenvalue weighted by Gasteiger charge is 2.41. The highest BCUT2D eigenvalue weighted by atomic mass is 35.5. The van der Waals surface area contributed by atoms with Gasteiger partial charge in [0.15, 0.2) is 0 Å². The lowest BCUT2D eigenvalue weighted by Gasteiger charge is -2.30. The lowest BCUT2D eigenvalue weighted by atomic mass is 9.89. The second kappa shape index (κ2) is 7.31. The Balaban J connectivity index is 2.38. The SMILES string of the molecule is CC(C)(C(=O)C(Oc1ccc(Cl)cc1Cl)n1ccnc1)C(Cl)Cl. The molecule has 0 saturated carbocycles. The van der Waals surface area contributed by atoms with Crippen molar-refractivity contribution in [3.8, 4) is 5.75 Å². The standard InChI is InChI=1S/C15H14Cl4N2O2/c1-15(2,14(18)19)12(22)13(21-6-5-20-8-21)23-11-4-3-9(16)7-10(11)17/h3-8,13-14H,1-2H3. The molecule has 1 atom stereocenters. The van der Waals surface area contributed by atoms with Crippen LogP contribution in [0.5, 0.6) is 5.75 Å². The van der Waals surface area contributed by atoms with Gasteiger partial charge in [0.1, 0.15) is 10.6 Å². The number of carbonyl (C=O) groups is 1. The molecule has 23 heavy (non-hydrogen) atoms. The predicted molar refractivity (Wildman–Crippen MR) is 92.6 cm³/mol. The van der Waals surface area contributed by atoms with Crippen molar-refractivity contribution in [2.24, 2.45) is 5.41 Å². The molecule has 2 rings (SSSR count). The van der Waals surface area contributed by atoms with Crippen LogP contribution in [0, 0.1) is 5.41 Å². The topological polar surface area (TPSA) is 44.1 Å². The van der Waals surface area contributed by atoms with Gasteiger partial charge < -0.3 is 4.74 Å². The van der Waals surface area contributed by atoms with E-state index in [1.807, 2.05) is 0 Å². The molecule has 1 heterocycles. The van der Waals surface area contributed by atoms with E-state index < -0.39 is 16.5 Å². The second-order valence-electron chi connectivity index (χ2n) is 5.44. The van der Waals surface area contributed by atoms with Crippen molar-refractivity contribution in [2.75, 3.05) is 0 Å². The van der Waals surface area contributed by atoms with Crippen LogP contribution in [0.3, 0.4) is 0 Å². The largest absolute Gasteiger partial charge is 0.461 e. The molecule has 1 aromatic heterocycles. The maximum absolute atomic E-state index is 12.9. The van der Waals surface area contributed by atoms with Crippen molar-refractivity contribution in [1.29, 1.82) is 0 Å². The lowest BCUT2D eigenvalue weighted by Crippen LogP contribution is -2.39. The third-order valence-electron chi connectivity index (χ3n) is 3.33. The van der Waals surface area contributed by atoms with Crippen LogP contribution in [-0.2, 0) is 4.79 Å². The van der Waals surface area contributed by atoms with Crippen LogP contribution in [-0.4, -0.2) is 20.2 Å². The van der Waals surface area contributed by atoms with E-state index in [0.29, 0.717) is 15.8 Å². The Morgan fingerprint density at radius 1 is 1.30 bits per heavy atom. The summed E-state index contributed by atoms with van der Waals surface area (Å²) in [6, 6.07) is 4.74. The molecule has 1 aromatic carbocycles. The van der Waals surface area contributed by atoms with Gasteiger partial charge in [-0.1, -0.05) is 37.0 Å². The van der Waals surface area contributed by atoms with Gasteiger partial charge in [-0.3, -0.25) is 9.36 Å². The molecule has 0 bridgehead atoms. The highest BCUT2D eigenvalue weighted by molar-refractivity contribution is 6.46. The van der Waals surface area contributed by atoms with Gasteiger partial charge in [0, 0.05) is 17.4 Å². The maximum atomic E-state index is 12.9. The van der Waals surface area contributed by atoms with Crippen LogP contribution in [0.15, 0.2) is 36.9 Å². The number of aromatic nitrogens is 2. The summed E-state index contributed by atoms with van der Waals surface area (Å²) in [7, 11) is 0. The Hall–Kier alpha value is -0.940. The molecule has 0 amide bonds. The number of carbonyl (C=O) groups excluding carboxylic acids is 1. The molecule has 0 saturated heterocycles. The van der Waals surface area contributed by atoms with Crippen molar-refractivity contribution in [2.45, 2.75) is 24.9 Å². The van der Waals surface area contributed by atoms with Crippen molar-refractivity contribution >= 4 is 52.2 Å². The van der Waals surface area contributed by atoms with Gasteiger partial charge in [-0.05, 0) is 18.2 Å². The molecular formula is C15H14Cl4N2O2. The second-order valence-corrected chi connectivity index (χ2v) is 7.38. The molecule has 124 valence electrons. The molecule has 0 aliphatic rings. The zero-order valence-corrected chi connectivity index (χ0v) is 15.4. The number of imidazole rings is 1. The Morgan fingerprint density at radius 2 is 2.00 bits per heavy atom. The Morgan fingerprint density at radius 3 is 2.52 bits per heavy atom. The monoisotopic (exact) mass is 394 g/mol. The summed E-state index contributed by atoms with van der Waals surface area (Å²) in [5.74, 6) is 0.0103. The van der Waals surface area contributed by atoms with Crippen LogP contribution in [0.2, 0.25) is 10.0 Å².